The van der Waals surface area contributed by atoms with Gasteiger partial charge in [-0.1, -0.05) is 22.9 Å². The summed E-state index contributed by atoms with van der Waals surface area (Å²) >= 11 is 6.66. The molecule has 2 heterocycles. The Morgan fingerprint density at radius 1 is 1.58 bits per heavy atom. The standard InChI is InChI=1S/C10H14ClN3O3S2/c1-6-7(18-9(11)13-6)19(16,17)14-4-3-10(2,5-14)8(12)15/h3-5H2,1-2H3,(H2,12,15). The average molecular weight is 324 g/mol. The first kappa shape index (κ1) is 14.7. The van der Waals surface area contributed by atoms with Crippen molar-refractivity contribution in [2.45, 2.75) is 24.5 Å². The van der Waals surface area contributed by atoms with Crippen LogP contribution < -0.4 is 5.73 Å². The van der Waals surface area contributed by atoms with Gasteiger partial charge in [0.05, 0.1) is 11.1 Å². The highest BCUT2D eigenvalue weighted by atomic mass is 35.5. The molecule has 1 aliphatic rings. The predicted octanol–water partition coefficient (Wildman–Crippen LogP) is 0.991. The Kier molecular flexibility index (Phi) is 3.63. The van der Waals surface area contributed by atoms with E-state index >= 15 is 0 Å². The fourth-order valence-corrected chi connectivity index (χ4v) is 5.47. The van der Waals surface area contributed by atoms with Crippen molar-refractivity contribution < 1.29 is 13.2 Å². The fourth-order valence-electron chi connectivity index (χ4n) is 2.03. The predicted molar refractivity (Wildman–Crippen MR) is 72.5 cm³/mol. The van der Waals surface area contributed by atoms with Gasteiger partial charge in [-0.15, -0.1) is 0 Å². The van der Waals surface area contributed by atoms with Crippen LogP contribution in [-0.2, 0) is 14.8 Å². The Labute approximate surface area is 120 Å². The van der Waals surface area contributed by atoms with E-state index in [1.165, 1.54) is 4.31 Å². The molecule has 6 nitrogen and oxygen atoms in total. The van der Waals surface area contributed by atoms with E-state index in [0.717, 1.165) is 11.3 Å². The van der Waals surface area contributed by atoms with Gasteiger partial charge in [0.1, 0.15) is 0 Å². The summed E-state index contributed by atoms with van der Waals surface area (Å²) in [6.45, 7) is 3.65. The number of nitrogens with zero attached hydrogens (tertiary/aromatic N) is 2. The van der Waals surface area contributed by atoms with Crippen LogP contribution in [0, 0.1) is 12.3 Å². The summed E-state index contributed by atoms with van der Waals surface area (Å²) in [4.78, 5) is 15.3. The van der Waals surface area contributed by atoms with Crippen LogP contribution in [-0.4, -0.2) is 36.7 Å². The number of thiazole rings is 1. The molecule has 1 unspecified atom stereocenters. The number of primary amides is 1. The number of rotatable bonds is 3. The van der Waals surface area contributed by atoms with Crippen LogP contribution in [0.2, 0.25) is 4.47 Å². The van der Waals surface area contributed by atoms with Gasteiger partial charge in [-0.3, -0.25) is 4.79 Å². The first-order chi connectivity index (χ1) is 8.67. The van der Waals surface area contributed by atoms with Gasteiger partial charge in [0.2, 0.25) is 5.91 Å². The summed E-state index contributed by atoms with van der Waals surface area (Å²) in [5.74, 6) is -0.482. The lowest BCUT2D eigenvalue weighted by atomic mass is 9.89. The highest BCUT2D eigenvalue weighted by molar-refractivity contribution is 7.91. The van der Waals surface area contributed by atoms with E-state index in [2.05, 4.69) is 4.98 Å². The highest BCUT2D eigenvalue weighted by Gasteiger charge is 2.44. The van der Waals surface area contributed by atoms with Crippen molar-refractivity contribution in [3.8, 4) is 0 Å². The molecule has 1 saturated heterocycles. The van der Waals surface area contributed by atoms with Crippen molar-refractivity contribution in [2.75, 3.05) is 13.1 Å². The van der Waals surface area contributed by atoms with Crippen molar-refractivity contribution in [1.82, 2.24) is 9.29 Å². The molecule has 0 aliphatic carbocycles. The van der Waals surface area contributed by atoms with Gasteiger partial charge in [0.25, 0.3) is 10.0 Å². The topological polar surface area (TPSA) is 93.4 Å². The van der Waals surface area contributed by atoms with E-state index in [4.69, 9.17) is 17.3 Å². The fraction of sp³-hybridized carbons (Fsp3) is 0.600. The molecule has 2 N–H and O–H groups in total. The summed E-state index contributed by atoms with van der Waals surface area (Å²) < 4.78 is 26.5. The smallest absolute Gasteiger partial charge is 0.254 e. The van der Waals surface area contributed by atoms with E-state index in [1.807, 2.05) is 0 Å². The molecule has 9 heteroatoms. The van der Waals surface area contributed by atoms with Crippen LogP contribution in [0.5, 0.6) is 0 Å². The van der Waals surface area contributed by atoms with Crippen molar-refractivity contribution in [1.29, 1.82) is 0 Å². The van der Waals surface area contributed by atoms with Gasteiger partial charge in [0, 0.05) is 13.1 Å². The maximum atomic E-state index is 12.5. The molecular weight excluding hydrogens is 310 g/mol. The molecule has 2 rings (SSSR count). The number of halogens is 1. The second-order valence-corrected chi connectivity index (χ2v) is 8.57. The summed E-state index contributed by atoms with van der Waals surface area (Å²) in [6.07, 6.45) is 0.424. The third-order valence-electron chi connectivity index (χ3n) is 3.34. The van der Waals surface area contributed by atoms with Crippen molar-refractivity contribution >= 4 is 38.9 Å². The molecular formula is C10H14ClN3O3S2. The molecule has 1 amide bonds. The van der Waals surface area contributed by atoms with E-state index in [-0.39, 0.29) is 21.8 Å². The molecule has 0 aromatic carbocycles. The lowest BCUT2D eigenvalue weighted by molar-refractivity contribution is -0.126. The second-order valence-electron chi connectivity index (χ2n) is 4.85. The monoisotopic (exact) mass is 323 g/mol. The van der Waals surface area contributed by atoms with Crippen LogP contribution >= 0.6 is 22.9 Å². The molecule has 0 saturated carbocycles. The molecule has 1 aliphatic heterocycles. The lowest BCUT2D eigenvalue weighted by Gasteiger charge is -2.20. The third kappa shape index (κ3) is 2.49. The summed E-state index contributed by atoms with van der Waals surface area (Å²) in [5.41, 5.74) is 4.89. The minimum absolute atomic E-state index is 0.0969. The van der Waals surface area contributed by atoms with Gasteiger partial charge in [-0.2, -0.15) is 4.31 Å². The maximum absolute atomic E-state index is 12.5. The SMILES string of the molecule is Cc1nc(Cl)sc1S(=O)(=O)N1CCC(C)(C(N)=O)C1. The molecule has 0 bridgehead atoms. The average Bonchev–Trinajstić information content (AvgIpc) is 2.84. The minimum atomic E-state index is -3.66. The van der Waals surface area contributed by atoms with E-state index in [9.17, 15) is 13.2 Å². The Hall–Kier alpha value is -0.700. The quantitative estimate of drug-likeness (QED) is 0.897. The van der Waals surface area contributed by atoms with E-state index < -0.39 is 21.3 Å². The minimum Gasteiger partial charge on any atom is -0.369 e. The zero-order valence-electron chi connectivity index (χ0n) is 10.5. The van der Waals surface area contributed by atoms with Crippen LogP contribution in [0.15, 0.2) is 4.21 Å². The van der Waals surface area contributed by atoms with E-state index in [0.29, 0.717) is 12.1 Å². The van der Waals surface area contributed by atoms with Crippen LogP contribution in [0.4, 0.5) is 0 Å². The van der Waals surface area contributed by atoms with Crippen molar-refractivity contribution in [2.24, 2.45) is 11.1 Å². The summed E-state index contributed by atoms with van der Waals surface area (Å²) in [7, 11) is -3.66. The van der Waals surface area contributed by atoms with Gasteiger partial charge in [-0.05, 0) is 20.3 Å². The molecule has 1 fully saturated rings. The molecule has 0 radical (unpaired) electrons. The number of nitrogens with two attached hydrogens (primary N) is 1. The number of amides is 1. The van der Waals surface area contributed by atoms with Gasteiger partial charge >= 0.3 is 0 Å². The van der Waals surface area contributed by atoms with E-state index in [1.54, 1.807) is 13.8 Å². The Morgan fingerprint density at radius 2 is 2.21 bits per heavy atom. The number of hydrogen-bond donors (Lipinski definition) is 1. The van der Waals surface area contributed by atoms with Crippen LogP contribution in [0.25, 0.3) is 0 Å². The summed E-state index contributed by atoms with van der Waals surface area (Å²) in [5, 5.41) is 0. The Morgan fingerprint density at radius 3 is 2.63 bits per heavy atom. The first-order valence-corrected chi connectivity index (χ1v) is 8.23. The lowest BCUT2D eigenvalue weighted by Crippen LogP contribution is -2.38. The molecule has 19 heavy (non-hydrogen) atoms. The van der Waals surface area contributed by atoms with Crippen molar-refractivity contribution in [3.63, 3.8) is 0 Å². The normalized spacial score (nSPS) is 24.8. The number of sulfonamides is 1. The van der Waals surface area contributed by atoms with Gasteiger partial charge < -0.3 is 5.73 Å². The summed E-state index contributed by atoms with van der Waals surface area (Å²) in [6, 6.07) is 0. The second kappa shape index (κ2) is 4.69. The number of carbonyl (C=O) groups is 1. The third-order valence-corrected chi connectivity index (χ3v) is 7.03. The molecule has 106 valence electrons. The molecule has 1 aromatic heterocycles. The Balaban J connectivity index is 2.33. The van der Waals surface area contributed by atoms with Gasteiger partial charge in [0.15, 0.2) is 8.68 Å². The zero-order valence-corrected chi connectivity index (χ0v) is 12.9. The maximum Gasteiger partial charge on any atom is 0.254 e. The molecule has 0 spiro atoms. The van der Waals surface area contributed by atoms with Crippen LogP contribution in [0.3, 0.4) is 0 Å². The Bertz CT molecular complexity index is 628. The number of aryl methyl sites for hydroxylation is 1. The first-order valence-electron chi connectivity index (χ1n) is 5.60. The number of aromatic nitrogens is 1. The zero-order chi connectivity index (χ0) is 14.4. The largest absolute Gasteiger partial charge is 0.369 e. The van der Waals surface area contributed by atoms with Crippen LogP contribution in [0.1, 0.15) is 19.0 Å². The van der Waals surface area contributed by atoms with Crippen molar-refractivity contribution in [3.05, 3.63) is 10.2 Å². The number of carbonyl (C=O) groups excluding carboxylic acids is 1. The van der Waals surface area contributed by atoms with Gasteiger partial charge in [-0.25, -0.2) is 13.4 Å². The number of hydrogen-bond acceptors (Lipinski definition) is 5. The highest BCUT2D eigenvalue weighted by Crippen LogP contribution is 2.36. The molecule has 1 aromatic rings. The molecule has 1 atom stereocenters.